The van der Waals surface area contributed by atoms with Gasteiger partial charge in [0.15, 0.2) is 0 Å². The molecule has 9 nitrogen and oxygen atoms in total. The molecule has 186 valence electrons. The van der Waals surface area contributed by atoms with Crippen LogP contribution in [0.3, 0.4) is 0 Å². The Bertz CT molecular complexity index is 932. The quantitative estimate of drug-likeness (QED) is 0.597. The lowest BCUT2D eigenvalue weighted by molar-refractivity contribution is -0.139. The van der Waals surface area contributed by atoms with Gasteiger partial charge in [0.2, 0.25) is 0 Å². The maximum Gasteiger partial charge on any atom is 0.338 e. The van der Waals surface area contributed by atoms with Gasteiger partial charge in [-0.05, 0) is 45.2 Å². The molecule has 0 aromatic heterocycles. The summed E-state index contributed by atoms with van der Waals surface area (Å²) in [4.78, 5) is 44.4. The van der Waals surface area contributed by atoms with Crippen LogP contribution in [-0.2, 0) is 9.53 Å². The number of nitrogens with one attached hydrogen (secondary N) is 2. The normalized spacial score (nSPS) is 19.5. The molecule has 1 atom stereocenters. The first kappa shape index (κ1) is 25.6. The molecular formula is C25H37N5O4. The van der Waals surface area contributed by atoms with Crippen molar-refractivity contribution in [2.75, 3.05) is 52.4 Å². The van der Waals surface area contributed by atoms with E-state index < -0.39 is 12.0 Å². The van der Waals surface area contributed by atoms with Crippen LogP contribution >= 0.6 is 0 Å². The van der Waals surface area contributed by atoms with Crippen LogP contribution in [0.2, 0.25) is 0 Å². The number of esters is 1. The first-order chi connectivity index (χ1) is 16.4. The Kier molecular flexibility index (Phi) is 8.92. The number of likely N-dealkylation sites (N-methyl/N-ethyl adjacent to an activating group) is 1. The minimum Gasteiger partial charge on any atom is -0.463 e. The molecular weight excluding hydrogens is 434 g/mol. The SMILES string of the molecule is CCNC(=O)N1CCCN(CC2=C(C(=O)OCC)C(c3ccccc3C)NC(=O)N2CC)CC1. The molecule has 34 heavy (non-hydrogen) atoms. The number of amides is 4. The third-order valence-electron chi connectivity index (χ3n) is 6.33. The highest BCUT2D eigenvalue weighted by Gasteiger charge is 2.38. The summed E-state index contributed by atoms with van der Waals surface area (Å²) in [5.41, 5.74) is 3.02. The van der Waals surface area contributed by atoms with Crippen LogP contribution in [-0.4, -0.2) is 85.2 Å². The van der Waals surface area contributed by atoms with Crippen molar-refractivity contribution < 1.29 is 19.1 Å². The highest BCUT2D eigenvalue weighted by molar-refractivity contribution is 5.95. The monoisotopic (exact) mass is 471 g/mol. The van der Waals surface area contributed by atoms with Gasteiger partial charge in [0.25, 0.3) is 0 Å². The number of carbonyl (C=O) groups is 3. The highest BCUT2D eigenvalue weighted by atomic mass is 16.5. The maximum absolute atomic E-state index is 13.3. The van der Waals surface area contributed by atoms with Crippen molar-refractivity contribution in [2.24, 2.45) is 0 Å². The summed E-state index contributed by atoms with van der Waals surface area (Å²) in [6.45, 7) is 12.0. The Morgan fingerprint density at radius 3 is 2.56 bits per heavy atom. The Labute approximate surface area is 202 Å². The Hall–Kier alpha value is -3.07. The first-order valence-corrected chi connectivity index (χ1v) is 12.2. The zero-order chi connectivity index (χ0) is 24.7. The molecule has 9 heteroatoms. The standard InChI is InChI=1S/C25H37N5O4/c1-5-26-24(32)29-14-10-13-28(15-16-29)17-20-21(23(31)34-7-3)22(27-25(33)30(20)6-2)19-12-9-8-11-18(19)4/h8-9,11-12,22H,5-7,10,13-17H2,1-4H3,(H,26,32)(H,27,33). The van der Waals surface area contributed by atoms with Crippen molar-refractivity contribution in [1.29, 1.82) is 0 Å². The van der Waals surface area contributed by atoms with E-state index in [1.807, 2.05) is 49.9 Å². The summed E-state index contributed by atoms with van der Waals surface area (Å²) in [5, 5.41) is 5.89. The van der Waals surface area contributed by atoms with Crippen molar-refractivity contribution in [1.82, 2.24) is 25.3 Å². The van der Waals surface area contributed by atoms with E-state index in [1.165, 1.54) is 0 Å². The lowest BCUT2D eigenvalue weighted by Crippen LogP contribution is -2.51. The molecule has 3 rings (SSSR count). The van der Waals surface area contributed by atoms with E-state index in [0.717, 1.165) is 24.1 Å². The Morgan fingerprint density at radius 1 is 1.12 bits per heavy atom. The van der Waals surface area contributed by atoms with Gasteiger partial charge in [-0.2, -0.15) is 0 Å². The molecule has 0 aliphatic carbocycles. The second-order valence-electron chi connectivity index (χ2n) is 8.52. The number of benzene rings is 1. The van der Waals surface area contributed by atoms with Crippen LogP contribution in [0, 0.1) is 6.92 Å². The van der Waals surface area contributed by atoms with Crippen LogP contribution in [0.15, 0.2) is 35.5 Å². The lowest BCUT2D eigenvalue weighted by Gasteiger charge is -2.38. The van der Waals surface area contributed by atoms with Gasteiger partial charge in [0.05, 0.1) is 18.2 Å². The van der Waals surface area contributed by atoms with Crippen LogP contribution in [0.25, 0.3) is 0 Å². The van der Waals surface area contributed by atoms with E-state index in [9.17, 15) is 14.4 Å². The van der Waals surface area contributed by atoms with Crippen molar-refractivity contribution >= 4 is 18.0 Å². The maximum atomic E-state index is 13.3. The average Bonchev–Trinajstić information content (AvgIpc) is 3.05. The van der Waals surface area contributed by atoms with E-state index in [2.05, 4.69) is 15.5 Å². The number of ether oxygens (including phenoxy) is 1. The number of hydrogen-bond donors (Lipinski definition) is 2. The predicted octanol–water partition coefficient (Wildman–Crippen LogP) is 2.64. The van der Waals surface area contributed by atoms with E-state index in [4.69, 9.17) is 4.74 Å². The second-order valence-corrected chi connectivity index (χ2v) is 8.52. The fraction of sp³-hybridized carbons (Fsp3) is 0.560. The Morgan fingerprint density at radius 2 is 1.88 bits per heavy atom. The van der Waals surface area contributed by atoms with Crippen LogP contribution in [0.1, 0.15) is 44.4 Å². The average molecular weight is 472 g/mol. The summed E-state index contributed by atoms with van der Waals surface area (Å²) in [6.07, 6.45) is 0.818. The minimum absolute atomic E-state index is 0.0531. The second kappa shape index (κ2) is 11.9. The van der Waals surface area contributed by atoms with Crippen molar-refractivity contribution in [3.63, 3.8) is 0 Å². The minimum atomic E-state index is -0.579. The van der Waals surface area contributed by atoms with Crippen molar-refractivity contribution in [3.05, 3.63) is 46.7 Å². The first-order valence-electron chi connectivity index (χ1n) is 12.2. The molecule has 1 saturated heterocycles. The van der Waals surface area contributed by atoms with Gasteiger partial charge in [-0.25, -0.2) is 14.4 Å². The summed E-state index contributed by atoms with van der Waals surface area (Å²) < 4.78 is 5.47. The van der Waals surface area contributed by atoms with Gasteiger partial charge in [0, 0.05) is 51.5 Å². The summed E-state index contributed by atoms with van der Waals surface area (Å²) in [7, 11) is 0. The molecule has 2 aliphatic rings. The zero-order valence-electron chi connectivity index (χ0n) is 20.7. The van der Waals surface area contributed by atoms with Crippen LogP contribution < -0.4 is 10.6 Å². The van der Waals surface area contributed by atoms with Gasteiger partial charge in [0.1, 0.15) is 0 Å². The largest absolute Gasteiger partial charge is 0.463 e. The number of nitrogens with zero attached hydrogens (tertiary/aromatic N) is 3. The van der Waals surface area contributed by atoms with Gasteiger partial charge in [-0.1, -0.05) is 24.3 Å². The summed E-state index contributed by atoms with van der Waals surface area (Å²) in [5.74, 6) is -0.414. The smallest absolute Gasteiger partial charge is 0.338 e. The molecule has 2 aliphatic heterocycles. The fourth-order valence-electron chi connectivity index (χ4n) is 4.61. The molecule has 0 saturated carbocycles. The molecule has 1 fully saturated rings. The van der Waals surface area contributed by atoms with Crippen LogP contribution in [0.5, 0.6) is 0 Å². The van der Waals surface area contributed by atoms with Gasteiger partial charge >= 0.3 is 18.0 Å². The summed E-state index contributed by atoms with van der Waals surface area (Å²) >= 11 is 0. The molecule has 0 radical (unpaired) electrons. The van der Waals surface area contributed by atoms with Gasteiger partial charge < -0.3 is 20.3 Å². The molecule has 1 aromatic carbocycles. The predicted molar refractivity (Wildman–Crippen MR) is 130 cm³/mol. The number of rotatable bonds is 7. The molecule has 2 N–H and O–H groups in total. The number of urea groups is 2. The zero-order valence-corrected chi connectivity index (χ0v) is 20.7. The number of carbonyl (C=O) groups excluding carboxylic acids is 3. The number of aryl methyl sites for hydroxylation is 1. The lowest BCUT2D eigenvalue weighted by atomic mass is 9.91. The molecule has 1 unspecified atom stereocenters. The Balaban J connectivity index is 1.97. The fourth-order valence-corrected chi connectivity index (χ4v) is 4.61. The number of hydrogen-bond acceptors (Lipinski definition) is 5. The van der Waals surface area contributed by atoms with Crippen molar-refractivity contribution in [2.45, 2.75) is 40.2 Å². The molecule has 2 heterocycles. The third-order valence-corrected chi connectivity index (χ3v) is 6.33. The van der Waals surface area contributed by atoms with Crippen LogP contribution in [0.4, 0.5) is 9.59 Å². The van der Waals surface area contributed by atoms with Gasteiger partial charge in [-0.15, -0.1) is 0 Å². The topological polar surface area (TPSA) is 94.2 Å². The molecule has 1 aromatic rings. The van der Waals surface area contributed by atoms with Crippen molar-refractivity contribution in [3.8, 4) is 0 Å². The van der Waals surface area contributed by atoms with E-state index in [0.29, 0.717) is 50.5 Å². The third kappa shape index (κ3) is 5.70. The van der Waals surface area contributed by atoms with E-state index >= 15 is 0 Å². The van der Waals surface area contributed by atoms with Gasteiger partial charge in [-0.3, -0.25) is 9.80 Å². The summed E-state index contributed by atoms with van der Waals surface area (Å²) in [6, 6.07) is 6.90. The van der Waals surface area contributed by atoms with E-state index in [1.54, 1.807) is 11.8 Å². The molecule has 0 bridgehead atoms. The van der Waals surface area contributed by atoms with E-state index in [-0.39, 0.29) is 18.7 Å². The highest BCUT2D eigenvalue weighted by Crippen LogP contribution is 2.33. The molecule has 4 amide bonds. The molecule has 0 spiro atoms.